The minimum atomic E-state index is 0.424. The van der Waals surface area contributed by atoms with Crippen LogP contribution in [0.15, 0.2) is 0 Å². The highest BCUT2D eigenvalue weighted by atomic mass is 32.1. The van der Waals surface area contributed by atoms with E-state index in [1.807, 2.05) is 0 Å². The maximum atomic E-state index is 4.57. The Balaban J connectivity index is 1.98. The fourth-order valence-corrected chi connectivity index (χ4v) is 3.16. The summed E-state index contributed by atoms with van der Waals surface area (Å²) in [6, 6.07) is 0.588. The number of rotatable bonds is 3. The van der Waals surface area contributed by atoms with E-state index < -0.39 is 0 Å². The molecule has 3 nitrogen and oxygen atoms in total. The predicted molar refractivity (Wildman–Crippen MR) is 73.7 cm³/mol. The van der Waals surface area contributed by atoms with Crippen molar-refractivity contribution in [2.45, 2.75) is 64.8 Å². The van der Waals surface area contributed by atoms with Crippen LogP contribution >= 0.6 is 11.5 Å². The third-order valence-corrected chi connectivity index (χ3v) is 4.29. The molecule has 0 radical (unpaired) electrons. The SMILES string of the molecule is CC(C)c1nsc(NC2CCCCCC2C)n1. The van der Waals surface area contributed by atoms with Crippen LogP contribution < -0.4 is 5.32 Å². The zero-order chi connectivity index (χ0) is 12.3. The Bertz CT molecular complexity index is 348. The highest BCUT2D eigenvalue weighted by molar-refractivity contribution is 7.09. The second-order valence-corrected chi connectivity index (χ2v) is 6.23. The largest absolute Gasteiger partial charge is 0.357 e. The first-order valence-electron chi connectivity index (χ1n) is 6.77. The third-order valence-electron chi connectivity index (χ3n) is 3.63. The van der Waals surface area contributed by atoms with Crippen LogP contribution in [0, 0.1) is 5.92 Å². The van der Waals surface area contributed by atoms with Gasteiger partial charge in [-0.3, -0.25) is 0 Å². The molecule has 0 amide bonds. The van der Waals surface area contributed by atoms with Crippen molar-refractivity contribution in [2.75, 3.05) is 5.32 Å². The zero-order valence-electron chi connectivity index (χ0n) is 11.1. The zero-order valence-corrected chi connectivity index (χ0v) is 11.9. The van der Waals surface area contributed by atoms with E-state index in [0.717, 1.165) is 16.9 Å². The van der Waals surface area contributed by atoms with E-state index in [0.29, 0.717) is 12.0 Å². The quantitative estimate of drug-likeness (QED) is 0.826. The van der Waals surface area contributed by atoms with Crippen molar-refractivity contribution in [3.8, 4) is 0 Å². The molecule has 17 heavy (non-hydrogen) atoms. The van der Waals surface area contributed by atoms with Gasteiger partial charge in [-0.2, -0.15) is 4.37 Å². The van der Waals surface area contributed by atoms with Gasteiger partial charge in [0.2, 0.25) is 5.13 Å². The van der Waals surface area contributed by atoms with Gasteiger partial charge in [0.25, 0.3) is 0 Å². The van der Waals surface area contributed by atoms with Crippen LogP contribution in [0.5, 0.6) is 0 Å². The molecular formula is C13H23N3S. The molecule has 0 aliphatic heterocycles. The monoisotopic (exact) mass is 253 g/mol. The van der Waals surface area contributed by atoms with Crippen molar-refractivity contribution in [2.24, 2.45) is 5.92 Å². The molecule has 1 N–H and O–H groups in total. The number of hydrogen-bond acceptors (Lipinski definition) is 4. The molecule has 1 fully saturated rings. The fraction of sp³-hybridized carbons (Fsp3) is 0.846. The maximum absolute atomic E-state index is 4.57. The fourth-order valence-electron chi connectivity index (χ4n) is 2.39. The number of nitrogens with one attached hydrogen (secondary N) is 1. The van der Waals surface area contributed by atoms with Crippen molar-refractivity contribution >= 4 is 16.7 Å². The number of hydrogen-bond donors (Lipinski definition) is 1. The van der Waals surface area contributed by atoms with Crippen molar-refractivity contribution in [1.82, 2.24) is 9.36 Å². The highest BCUT2D eigenvalue weighted by Gasteiger charge is 2.21. The molecule has 0 bridgehead atoms. The minimum Gasteiger partial charge on any atom is -0.357 e. The van der Waals surface area contributed by atoms with E-state index in [4.69, 9.17) is 0 Å². The molecular weight excluding hydrogens is 230 g/mol. The van der Waals surface area contributed by atoms with Crippen molar-refractivity contribution < 1.29 is 0 Å². The van der Waals surface area contributed by atoms with Gasteiger partial charge in [-0.05, 0) is 18.8 Å². The van der Waals surface area contributed by atoms with Crippen LogP contribution in [0.3, 0.4) is 0 Å². The van der Waals surface area contributed by atoms with E-state index in [1.54, 1.807) is 0 Å². The standard InChI is InChI=1S/C13H23N3S/c1-9(2)12-15-13(17-16-12)14-11-8-6-4-5-7-10(11)3/h9-11H,4-8H2,1-3H3,(H,14,15,16). The van der Waals surface area contributed by atoms with Gasteiger partial charge in [0, 0.05) is 23.5 Å². The average Bonchev–Trinajstić information content (AvgIpc) is 2.66. The van der Waals surface area contributed by atoms with E-state index in [9.17, 15) is 0 Å². The van der Waals surface area contributed by atoms with E-state index in [1.165, 1.54) is 43.6 Å². The van der Waals surface area contributed by atoms with Gasteiger partial charge in [0.15, 0.2) is 0 Å². The number of anilines is 1. The molecule has 2 rings (SSSR count). The summed E-state index contributed by atoms with van der Waals surface area (Å²) in [6.07, 6.45) is 6.73. The van der Waals surface area contributed by atoms with Gasteiger partial charge >= 0.3 is 0 Å². The smallest absolute Gasteiger partial charge is 0.202 e. The summed E-state index contributed by atoms with van der Waals surface area (Å²) in [5.41, 5.74) is 0. The molecule has 2 unspecified atom stereocenters. The summed E-state index contributed by atoms with van der Waals surface area (Å²) >= 11 is 1.51. The second kappa shape index (κ2) is 5.80. The van der Waals surface area contributed by atoms with Gasteiger partial charge in [0.05, 0.1) is 0 Å². The van der Waals surface area contributed by atoms with Crippen molar-refractivity contribution in [3.63, 3.8) is 0 Å². The first kappa shape index (κ1) is 12.8. The molecule has 1 saturated carbocycles. The molecule has 2 atom stereocenters. The molecule has 1 aliphatic carbocycles. The Kier molecular flexibility index (Phi) is 4.37. The lowest BCUT2D eigenvalue weighted by Crippen LogP contribution is -2.26. The molecule has 1 heterocycles. The third kappa shape index (κ3) is 3.41. The van der Waals surface area contributed by atoms with Crippen LogP contribution in [0.2, 0.25) is 0 Å². The molecule has 1 aliphatic rings. The van der Waals surface area contributed by atoms with Crippen LogP contribution in [-0.2, 0) is 0 Å². The molecule has 1 aromatic rings. The molecule has 0 spiro atoms. The van der Waals surface area contributed by atoms with Crippen molar-refractivity contribution in [1.29, 1.82) is 0 Å². The van der Waals surface area contributed by atoms with Crippen LogP contribution in [-0.4, -0.2) is 15.4 Å². The van der Waals surface area contributed by atoms with Gasteiger partial charge in [-0.25, -0.2) is 4.98 Å². The molecule has 96 valence electrons. The van der Waals surface area contributed by atoms with E-state index in [-0.39, 0.29) is 0 Å². The Morgan fingerprint density at radius 3 is 2.71 bits per heavy atom. The summed E-state index contributed by atoms with van der Waals surface area (Å²) in [5.74, 6) is 2.15. The molecule has 4 heteroatoms. The molecule has 1 aromatic heterocycles. The Hall–Kier alpha value is -0.640. The summed E-state index contributed by atoms with van der Waals surface area (Å²) in [4.78, 5) is 4.57. The van der Waals surface area contributed by atoms with Gasteiger partial charge in [-0.15, -0.1) is 0 Å². The lowest BCUT2D eigenvalue weighted by molar-refractivity contribution is 0.456. The van der Waals surface area contributed by atoms with Crippen LogP contribution in [0.25, 0.3) is 0 Å². The molecule has 0 saturated heterocycles. The van der Waals surface area contributed by atoms with E-state index in [2.05, 4.69) is 35.4 Å². The van der Waals surface area contributed by atoms with Gasteiger partial charge in [0.1, 0.15) is 5.82 Å². The molecule has 0 aromatic carbocycles. The van der Waals surface area contributed by atoms with Crippen molar-refractivity contribution in [3.05, 3.63) is 5.82 Å². The Morgan fingerprint density at radius 1 is 1.24 bits per heavy atom. The van der Waals surface area contributed by atoms with Gasteiger partial charge < -0.3 is 5.32 Å². The van der Waals surface area contributed by atoms with Crippen LogP contribution in [0.1, 0.15) is 64.6 Å². The summed E-state index contributed by atoms with van der Waals surface area (Å²) in [6.45, 7) is 6.63. The predicted octanol–water partition coefficient (Wildman–Crippen LogP) is 4.04. The lowest BCUT2D eigenvalue weighted by Gasteiger charge is -2.21. The first-order valence-corrected chi connectivity index (χ1v) is 7.54. The summed E-state index contributed by atoms with van der Waals surface area (Å²) in [7, 11) is 0. The Morgan fingerprint density at radius 2 is 2.00 bits per heavy atom. The minimum absolute atomic E-state index is 0.424. The first-order chi connectivity index (χ1) is 8.16. The normalized spacial score (nSPS) is 25.9. The highest BCUT2D eigenvalue weighted by Crippen LogP contribution is 2.27. The van der Waals surface area contributed by atoms with Gasteiger partial charge in [-0.1, -0.05) is 40.0 Å². The number of nitrogens with zero attached hydrogens (tertiary/aromatic N) is 2. The summed E-state index contributed by atoms with van der Waals surface area (Å²) in [5, 5.41) is 4.60. The van der Waals surface area contributed by atoms with Crippen LogP contribution in [0.4, 0.5) is 5.13 Å². The lowest BCUT2D eigenvalue weighted by atomic mass is 9.97. The second-order valence-electron chi connectivity index (χ2n) is 5.48. The maximum Gasteiger partial charge on any atom is 0.202 e. The average molecular weight is 253 g/mol. The summed E-state index contributed by atoms with van der Waals surface area (Å²) < 4.78 is 4.40. The number of aromatic nitrogens is 2. The van der Waals surface area contributed by atoms with E-state index >= 15 is 0 Å². The Labute approximate surface area is 108 Å². The topological polar surface area (TPSA) is 37.8 Å².